The van der Waals surface area contributed by atoms with E-state index in [1.807, 2.05) is 0 Å². The number of esters is 1. The Morgan fingerprint density at radius 3 is 2.85 bits per heavy atom. The van der Waals surface area contributed by atoms with Crippen molar-refractivity contribution in [1.29, 1.82) is 0 Å². The van der Waals surface area contributed by atoms with Crippen LogP contribution in [0.3, 0.4) is 0 Å². The van der Waals surface area contributed by atoms with E-state index in [1.165, 1.54) is 17.4 Å². The van der Waals surface area contributed by atoms with Crippen LogP contribution in [0.15, 0.2) is 47.8 Å². The van der Waals surface area contributed by atoms with E-state index < -0.39 is 0 Å². The van der Waals surface area contributed by atoms with Gasteiger partial charge in [0.2, 0.25) is 0 Å². The van der Waals surface area contributed by atoms with Crippen molar-refractivity contribution in [3.8, 4) is 16.3 Å². The Bertz CT molecular complexity index is 944. The molecule has 0 saturated heterocycles. The van der Waals surface area contributed by atoms with Gasteiger partial charge < -0.3 is 9.47 Å². The highest BCUT2D eigenvalue weighted by atomic mass is 35.5. The highest BCUT2D eigenvalue weighted by Crippen LogP contribution is 2.35. The number of nitrogens with zero attached hydrogens (tertiary/aromatic N) is 1. The zero-order chi connectivity index (χ0) is 19.2. The van der Waals surface area contributed by atoms with Crippen molar-refractivity contribution >= 4 is 28.9 Å². The van der Waals surface area contributed by atoms with Gasteiger partial charge in [-0.2, -0.15) is 0 Å². The minimum absolute atomic E-state index is 0.0857. The predicted molar refractivity (Wildman–Crippen MR) is 104 cm³/mol. The van der Waals surface area contributed by atoms with Crippen LogP contribution in [0.25, 0.3) is 10.6 Å². The molecule has 0 fully saturated rings. The first kappa shape index (κ1) is 19.3. The number of carbonyl (C=O) groups excluding carboxylic acids is 1. The van der Waals surface area contributed by atoms with Crippen LogP contribution in [0.2, 0.25) is 5.02 Å². The third-order valence-corrected chi connectivity index (χ3v) is 4.86. The third kappa shape index (κ3) is 5.05. The number of hydrogen-bond donors (Lipinski definition) is 0. The lowest BCUT2D eigenvalue weighted by Gasteiger charge is -2.11. The lowest BCUT2D eigenvalue weighted by Crippen LogP contribution is -2.07. The van der Waals surface area contributed by atoms with Crippen LogP contribution in [0.4, 0.5) is 4.39 Å². The molecule has 4 nitrogen and oxygen atoms in total. The van der Waals surface area contributed by atoms with Crippen LogP contribution >= 0.6 is 22.9 Å². The van der Waals surface area contributed by atoms with E-state index in [-0.39, 0.29) is 24.8 Å². The number of ether oxygens (including phenoxy) is 2. The number of hydrogen-bond acceptors (Lipinski definition) is 5. The Balaban J connectivity index is 1.81. The molecule has 1 heterocycles. The van der Waals surface area contributed by atoms with Crippen molar-refractivity contribution in [2.75, 3.05) is 6.61 Å². The van der Waals surface area contributed by atoms with E-state index in [0.717, 1.165) is 0 Å². The van der Waals surface area contributed by atoms with Crippen molar-refractivity contribution < 1.29 is 18.7 Å². The molecule has 7 heteroatoms. The summed E-state index contributed by atoms with van der Waals surface area (Å²) in [5.41, 5.74) is 1.77. The second-order valence-corrected chi connectivity index (χ2v) is 6.94. The maximum Gasteiger partial charge on any atom is 0.311 e. The standard InChI is InChI=1S/C20H17ClFNO3S/c1-2-25-19(24)10-15-12-27-20(23-15)16-9-14(21)7-8-18(16)26-11-13-5-3-4-6-17(13)22/h3-9,12H,2,10-11H2,1H3. The number of halogens is 2. The Hall–Kier alpha value is -2.44. The van der Waals surface area contributed by atoms with Crippen molar-refractivity contribution in [3.63, 3.8) is 0 Å². The van der Waals surface area contributed by atoms with E-state index in [4.69, 9.17) is 21.1 Å². The summed E-state index contributed by atoms with van der Waals surface area (Å²) in [5.74, 6) is -0.102. The predicted octanol–water partition coefficient (Wildman–Crippen LogP) is 5.29. The number of carbonyl (C=O) groups is 1. The van der Waals surface area contributed by atoms with Gasteiger partial charge in [0.05, 0.1) is 24.3 Å². The molecule has 0 saturated carbocycles. The largest absolute Gasteiger partial charge is 0.488 e. The van der Waals surface area contributed by atoms with Crippen molar-refractivity contribution in [3.05, 3.63) is 69.9 Å². The zero-order valence-corrected chi connectivity index (χ0v) is 16.1. The summed E-state index contributed by atoms with van der Waals surface area (Å²) in [6, 6.07) is 11.6. The monoisotopic (exact) mass is 405 g/mol. The van der Waals surface area contributed by atoms with Crippen LogP contribution in [-0.2, 0) is 22.6 Å². The highest BCUT2D eigenvalue weighted by molar-refractivity contribution is 7.13. The van der Waals surface area contributed by atoms with Crippen molar-refractivity contribution in [2.45, 2.75) is 20.0 Å². The van der Waals surface area contributed by atoms with E-state index in [0.29, 0.717) is 39.2 Å². The molecule has 27 heavy (non-hydrogen) atoms. The van der Waals surface area contributed by atoms with Gasteiger partial charge in [0.25, 0.3) is 0 Å². The lowest BCUT2D eigenvalue weighted by molar-refractivity contribution is -0.142. The van der Waals surface area contributed by atoms with Gasteiger partial charge in [-0.15, -0.1) is 11.3 Å². The van der Waals surface area contributed by atoms with E-state index in [2.05, 4.69) is 4.98 Å². The summed E-state index contributed by atoms with van der Waals surface area (Å²) in [5, 5.41) is 3.00. The van der Waals surface area contributed by atoms with Gasteiger partial charge in [-0.3, -0.25) is 4.79 Å². The molecule has 0 aliphatic rings. The van der Waals surface area contributed by atoms with Gasteiger partial charge in [-0.25, -0.2) is 9.37 Å². The first-order valence-corrected chi connectivity index (χ1v) is 9.58. The first-order valence-electron chi connectivity index (χ1n) is 8.33. The van der Waals surface area contributed by atoms with E-state index in [1.54, 1.807) is 48.7 Å². The van der Waals surface area contributed by atoms with Gasteiger partial charge in [0.15, 0.2) is 0 Å². The summed E-state index contributed by atoms with van der Waals surface area (Å²) < 4.78 is 24.6. The van der Waals surface area contributed by atoms with Gasteiger partial charge >= 0.3 is 5.97 Å². The van der Waals surface area contributed by atoms with E-state index in [9.17, 15) is 9.18 Å². The molecular formula is C20H17ClFNO3S. The minimum atomic E-state index is -0.323. The molecule has 3 rings (SSSR count). The maximum atomic E-state index is 13.8. The van der Waals surface area contributed by atoms with Gasteiger partial charge in [-0.1, -0.05) is 29.8 Å². The molecule has 1 aromatic heterocycles. The second-order valence-electron chi connectivity index (χ2n) is 5.65. The zero-order valence-electron chi connectivity index (χ0n) is 14.6. The van der Waals surface area contributed by atoms with E-state index >= 15 is 0 Å². The Kier molecular flexibility index (Phi) is 6.42. The highest BCUT2D eigenvalue weighted by Gasteiger charge is 2.14. The molecule has 2 aromatic carbocycles. The molecule has 0 aliphatic carbocycles. The van der Waals surface area contributed by atoms with Crippen LogP contribution in [0.5, 0.6) is 5.75 Å². The smallest absolute Gasteiger partial charge is 0.311 e. The van der Waals surface area contributed by atoms with Crippen LogP contribution in [0, 0.1) is 5.82 Å². The Morgan fingerprint density at radius 2 is 2.07 bits per heavy atom. The molecule has 0 atom stereocenters. The van der Waals surface area contributed by atoms with Crippen LogP contribution < -0.4 is 4.74 Å². The number of thiazole rings is 1. The number of aromatic nitrogens is 1. The molecule has 140 valence electrons. The molecule has 0 amide bonds. The maximum absolute atomic E-state index is 13.8. The average Bonchev–Trinajstić information content (AvgIpc) is 3.10. The van der Waals surface area contributed by atoms with Gasteiger partial charge in [-0.05, 0) is 31.2 Å². The van der Waals surface area contributed by atoms with Gasteiger partial charge in [0, 0.05) is 16.0 Å². The molecule has 0 bridgehead atoms. The van der Waals surface area contributed by atoms with Gasteiger partial charge in [0.1, 0.15) is 23.2 Å². The summed E-state index contributed by atoms with van der Waals surface area (Å²) in [7, 11) is 0. The third-order valence-electron chi connectivity index (χ3n) is 3.70. The first-order chi connectivity index (χ1) is 13.1. The Morgan fingerprint density at radius 1 is 1.26 bits per heavy atom. The van der Waals surface area contributed by atoms with Crippen LogP contribution in [-0.4, -0.2) is 17.6 Å². The molecule has 0 aliphatic heterocycles. The quantitative estimate of drug-likeness (QED) is 0.501. The number of benzene rings is 2. The molecular weight excluding hydrogens is 389 g/mol. The SMILES string of the molecule is CCOC(=O)Cc1csc(-c2cc(Cl)ccc2OCc2ccccc2F)n1. The topological polar surface area (TPSA) is 48.4 Å². The molecule has 0 spiro atoms. The van der Waals surface area contributed by atoms with Crippen molar-refractivity contribution in [2.24, 2.45) is 0 Å². The summed E-state index contributed by atoms with van der Waals surface area (Å²) in [4.78, 5) is 16.1. The molecule has 0 radical (unpaired) electrons. The fourth-order valence-electron chi connectivity index (χ4n) is 2.44. The van der Waals surface area contributed by atoms with Crippen LogP contribution in [0.1, 0.15) is 18.2 Å². The number of rotatable bonds is 7. The summed E-state index contributed by atoms with van der Waals surface area (Å²) in [6.07, 6.45) is 0.107. The summed E-state index contributed by atoms with van der Waals surface area (Å²) in [6.45, 7) is 2.18. The molecule has 0 N–H and O–H groups in total. The Labute approximate surface area is 165 Å². The normalized spacial score (nSPS) is 10.6. The summed E-state index contributed by atoms with van der Waals surface area (Å²) >= 11 is 7.51. The average molecular weight is 406 g/mol. The molecule has 3 aromatic rings. The fraction of sp³-hybridized carbons (Fsp3) is 0.200. The minimum Gasteiger partial charge on any atom is -0.488 e. The fourth-order valence-corrected chi connectivity index (χ4v) is 3.45. The van der Waals surface area contributed by atoms with Crippen molar-refractivity contribution in [1.82, 2.24) is 4.98 Å². The second kappa shape index (κ2) is 8.97. The lowest BCUT2D eigenvalue weighted by atomic mass is 10.2. The molecule has 0 unspecified atom stereocenters.